The van der Waals surface area contributed by atoms with Crippen LogP contribution in [0.15, 0.2) is 0 Å². The van der Waals surface area contributed by atoms with E-state index in [1.807, 2.05) is 0 Å². The summed E-state index contributed by atoms with van der Waals surface area (Å²) in [4.78, 5) is 5.04. The molecule has 2 saturated heterocycles. The number of piperidine rings is 1. The van der Waals surface area contributed by atoms with Gasteiger partial charge in [-0.2, -0.15) is 11.8 Å². The highest BCUT2D eigenvalue weighted by molar-refractivity contribution is 7.99. The smallest absolute Gasteiger partial charge is 0.0170 e. The Morgan fingerprint density at radius 3 is 2.76 bits per heavy atom. The highest BCUT2D eigenvalue weighted by Crippen LogP contribution is 2.16. The fourth-order valence-electron chi connectivity index (χ4n) is 2.78. The lowest BCUT2D eigenvalue weighted by atomic mass is 10.0. The molecule has 0 radical (unpaired) electrons. The predicted molar refractivity (Wildman–Crippen MR) is 76.9 cm³/mol. The van der Waals surface area contributed by atoms with Gasteiger partial charge in [0.2, 0.25) is 0 Å². The van der Waals surface area contributed by atoms with Crippen LogP contribution in [0.4, 0.5) is 0 Å². The molecule has 17 heavy (non-hydrogen) atoms. The second-order valence-electron chi connectivity index (χ2n) is 5.53. The molecule has 0 aromatic heterocycles. The fourth-order valence-corrected chi connectivity index (χ4v) is 3.78. The molecule has 0 saturated carbocycles. The van der Waals surface area contributed by atoms with Gasteiger partial charge in [0.25, 0.3) is 0 Å². The summed E-state index contributed by atoms with van der Waals surface area (Å²) in [5, 5.41) is 3.63. The summed E-state index contributed by atoms with van der Waals surface area (Å²) in [6.45, 7) is 5.00. The summed E-state index contributed by atoms with van der Waals surface area (Å²) in [5.74, 6) is 2.60. The zero-order valence-electron chi connectivity index (χ0n) is 11.3. The lowest BCUT2D eigenvalue weighted by molar-refractivity contribution is 0.141. The van der Waals surface area contributed by atoms with Crippen molar-refractivity contribution in [1.82, 2.24) is 15.1 Å². The number of rotatable bonds is 4. The third kappa shape index (κ3) is 4.43. The Hall–Kier alpha value is 0.230. The highest BCUT2D eigenvalue weighted by atomic mass is 32.2. The van der Waals surface area contributed by atoms with Crippen LogP contribution < -0.4 is 5.32 Å². The molecule has 1 unspecified atom stereocenters. The third-order valence-electron chi connectivity index (χ3n) is 4.14. The molecule has 0 bridgehead atoms. The van der Waals surface area contributed by atoms with Crippen molar-refractivity contribution in [3.05, 3.63) is 0 Å². The average molecular weight is 257 g/mol. The van der Waals surface area contributed by atoms with Crippen LogP contribution in [0.3, 0.4) is 0 Å². The maximum absolute atomic E-state index is 3.63. The van der Waals surface area contributed by atoms with E-state index in [0.29, 0.717) is 0 Å². The van der Waals surface area contributed by atoms with Gasteiger partial charge in [-0.25, -0.2) is 0 Å². The van der Waals surface area contributed by atoms with Crippen molar-refractivity contribution >= 4 is 11.8 Å². The van der Waals surface area contributed by atoms with Crippen molar-refractivity contribution in [3.8, 4) is 0 Å². The molecule has 0 aliphatic carbocycles. The molecule has 2 heterocycles. The molecular formula is C13H27N3S. The van der Waals surface area contributed by atoms with Gasteiger partial charge in [-0.1, -0.05) is 0 Å². The average Bonchev–Trinajstić information content (AvgIpc) is 2.38. The standard InChI is InChI=1S/C13H27N3S/c1-15-7-4-13(5-8-15)16(2)9-3-12-11-17-10-6-14-12/h12-14H,3-11H2,1-2H3. The van der Waals surface area contributed by atoms with E-state index in [9.17, 15) is 0 Å². The van der Waals surface area contributed by atoms with Crippen molar-refractivity contribution < 1.29 is 0 Å². The summed E-state index contributed by atoms with van der Waals surface area (Å²) in [6.07, 6.45) is 4.01. The van der Waals surface area contributed by atoms with Crippen LogP contribution in [-0.2, 0) is 0 Å². The Morgan fingerprint density at radius 1 is 1.35 bits per heavy atom. The number of hydrogen-bond acceptors (Lipinski definition) is 4. The summed E-state index contributed by atoms with van der Waals surface area (Å²) in [5.41, 5.74) is 0. The van der Waals surface area contributed by atoms with E-state index in [1.165, 1.54) is 56.9 Å². The number of hydrogen-bond donors (Lipinski definition) is 1. The molecular weight excluding hydrogens is 230 g/mol. The second kappa shape index (κ2) is 6.98. The van der Waals surface area contributed by atoms with Crippen molar-refractivity contribution in [2.45, 2.75) is 31.3 Å². The van der Waals surface area contributed by atoms with E-state index in [-0.39, 0.29) is 0 Å². The largest absolute Gasteiger partial charge is 0.312 e. The van der Waals surface area contributed by atoms with Crippen molar-refractivity contribution in [3.63, 3.8) is 0 Å². The minimum absolute atomic E-state index is 0.752. The molecule has 0 spiro atoms. The van der Waals surface area contributed by atoms with E-state index in [2.05, 4.69) is 41.0 Å². The van der Waals surface area contributed by atoms with E-state index < -0.39 is 0 Å². The SMILES string of the molecule is CN1CCC(N(C)CCC2CSCCN2)CC1. The van der Waals surface area contributed by atoms with Gasteiger partial charge >= 0.3 is 0 Å². The first-order valence-corrected chi connectivity index (χ1v) is 8.11. The Bertz CT molecular complexity index is 211. The van der Waals surface area contributed by atoms with Crippen LogP contribution in [-0.4, -0.2) is 73.7 Å². The molecule has 2 fully saturated rings. The van der Waals surface area contributed by atoms with Gasteiger partial charge in [0.15, 0.2) is 0 Å². The van der Waals surface area contributed by atoms with Crippen LogP contribution in [0, 0.1) is 0 Å². The van der Waals surface area contributed by atoms with Gasteiger partial charge < -0.3 is 15.1 Å². The maximum Gasteiger partial charge on any atom is 0.0170 e. The minimum atomic E-state index is 0.752. The van der Waals surface area contributed by atoms with Crippen molar-refractivity contribution in [1.29, 1.82) is 0 Å². The van der Waals surface area contributed by atoms with E-state index in [1.54, 1.807) is 0 Å². The first-order chi connectivity index (χ1) is 8.25. The molecule has 0 aromatic carbocycles. The number of likely N-dealkylation sites (tertiary alicyclic amines) is 1. The summed E-state index contributed by atoms with van der Waals surface area (Å²) < 4.78 is 0. The van der Waals surface area contributed by atoms with Gasteiger partial charge in [0.05, 0.1) is 0 Å². The molecule has 2 aliphatic rings. The first kappa shape index (κ1) is 13.7. The zero-order valence-corrected chi connectivity index (χ0v) is 12.1. The third-order valence-corrected chi connectivity index (χ3v) is 5.27. The summed E-state index contributed by atoms with van der Waals surface area (Å²) in [7, 11) is 4.55. The quantitative estimate of drug-likeness (QED) is 0.813. The van der Waals surface area contributed by atoms with Gasteiger partial charge in [-0.15, -0.1) is 0 Å². The van der Waals surface area contributed by atoms with Crippen molar-refractivity contribution in [2.24, 2.45) is 0 Å². The Morgan fingerprint density at radius 2 is 2.12 bits per heavy atom. The number of nitrogens with zero attached hydrogens (tertiary/aromatic N) is 2. The lowest BCUT2D eigenvalue weighted by Crippen LogP contribution is -2.44. The molecule has 1 N–H and O–H groups in total. The van der Waals surface area contributed by atoms with Crippen LogP contribution in [0.2, 0.25) is 0 Å². The van der Waals surface area contributed by atoms with Crippen LogP contribution in [0.1, 0.15) is 19.3 Å². The molecule has 3 nitrogen and oxygen atoms in total. The number of thioether (sulfide) groups is 1. The van der Waals surface area contributed by atoms with E-state index in [4.69, 9.17) is 0 Å². The molecule has 4 heteroatoms. The topological polar surface area (TPSA) is 18.5 Å². The Kier molecular flexibility index (Phi) is 5.60. The molecule has 2 rings (SSSR count). The van der Waals surface area contributed by atoms with Crippen LogP contribution in [0.5, 0.6) is 0 Å². The zero-order chi connectivity index (χ0) is 12.1. The lowest BCUT2D eigenvalue weighted by Gasteiger charge is -2.36. The van der Waals surface area contributed by atoms with E-state index >= 15 is 0 Å². The van der Waals surface area contributed by atoms with Gasteiger partial charge in [-0.3, -0.25) is 0 Å². The van der Waals surface area contributed by atoms with Gasteiger partial charge in [0.1, 0.15) is 0 Å². The maximum atomic E-state index is 3.63. The van der Waals surface area contributed by atoms with Crippen LogP contribution >= 0.6 is 11.8 Å². The fraction of sp³-hybridized carbons (Fsp3) is 1.00. The monoisotopic (exact) mass is 257 g/mol. The summed E-state index contributed by atoms with van der Waals surface area (Å²) in [6, 6.07) is 1.57. The number of nitrogens with one attached hydrogen (secondary N) is 1. The normalized spacial score (nSPS) is 28.8. The van der Waals surface area contributed by atoms with Crippen molar-refractivity contribution in [2.75, 3.05) is 51.8 Å². The Balaban J connectivity index is 1.64. The molecule has 0 amide bonds. The van der Waals surface area contributed by atoms with Gasteiger partial charge in [0, 0.05) is 30.1 Å². The molecule has 2 aliphatic heterocycles. The second-order valence-corrected chi connectivity index (χ2v) is 6.68. The molecule has 100 valence electrons. The van der Waals surface area contributed by atoms with Gasteiger partial charge in [-0.05, 0) is 53.0 Å². The molecule has 1 atom stereocenters. The van der Waals surface area contributed by atoms with Crippen LogP contribution in [0.25, 0.3) is 0 Å². The predicted octanol–water partition coefficient (Wildman–Crippen LogP) is 1.11. The first-order valence-electron chi connectivity index (χ1n) is 6.95. The highest BCUT2D eigenvalue weighted by Gasteiger charge is 2.21. The molecule has 0 aromatic rings. The minimum Gasteiger partial charge on any atom is -0.312 e. The van der Waals surface area contributed by atoms with E-state index in [0.717, 1.165) is 12.1 Å². The Labute approximate surface area is 110 Å². The summed E-state index contributed by atoms with van der Waals surface area (Å²) >= 11 is 2.10.